The van der Waals surface area contributed by atoms with Crippen molar-refractivity contribution in [2.24, 2.45) is 0 Å². The Labute approximate surface area is 120 Å². The highest BCUT2D eigenvalue weighted by atomic mass is 16.4. The fraction of sp³-hybridized carbons (Fsp3) is 0.286. The van der Waals surface area contributed by atoms with Crippen molar-refractivity contribution in [3.05, 3.63) is 42.0 Å². The van der Waals surface area contributed by atoms with Crippen molar-refractivity contribution in [3.63, 3.8) is 0 Å². The number of fused-ring (bicyclic) bond motifs is 1. The molecule has 2 aromatic heterocycles. The molecule has 21 heavy (non-hydrogen) atoms. The molecule has 0 radical (unpaired) electrons. The second-order valence-electron chi connectivity index (χ2n) is 4.85. The number of benzene rings is 1. The van der Waals surface area contributed by atoms with Crippen molar-refractivity contribution in [1.82, 2.24) is 24.5 Å². The van der Waals surface area contributed by atoms with Gasteiger partial charge in [-0.05, 0) is 19.1 Å². The van der Waals surface area contributed by atoms with E-state index in [-0.39, 0.29) is 6.42 Å². The smallest absolute Gasteiger partial charge is 0.305 e. The Morgan fingerprint density at radius 2 is 2.14 bits per heavy atom. The van der Waals surface area contributed by atoms with Crippen LogP contribution in [0.1, 0.15) is 17.9 Å². The van der Waals surface area contributed by atoms with Gasteiger partial charge in [0.2, 0.25) is 0 Å². The standard InChI is InChI=1S/C14H15N5O2/c1-10-15-12-4-2-3-5-13(12)19(10)9-11-8-18(17-16-11)7-6-14(20)21/h2-5,8H,6-7,9H2,1H3,(H,20,21). The molecule has 7 heteroatoms. The van der Waals surface area contributed by atoms with Gasteiger partial charge in [-0.2, -0.15) is 0 Å². The first-order valence-corrected chi connectivity index (χ1v) is 6.66. The van der Waals surface area contributed by atoms with Gasteiger partial charge in [-0.15, -0.1) is 5.10 Å². The maximum atomic E-state index is 10.6. The van der Waals surface area contributed by atoms with Crippen LogP contribution in [0.25, 0.3) is 11.0 Å². The molecule has 7 nitrogen and oxygen atoms in total. The number of aromatic nitrogens is 5. The van der Waals surface area contributed by atoms with Crippen LogP contribution in [0.15, 0.2) is 30.5 Å². The van der Waals surface area contributed by atoms with Crippen LogP contribution in [0.3, 0.4) is 0 Å². The first kappa shape index (κ1) is 13.3. The molecular weight excluding hydrogens is 270 g/mol. The molecule has 108 valence electrons. The van der Waals surface area contributed by atoms with Crippen molar-refractivity contribution in [1.29, 1.82) is 0 Å². The molecule has 0 atom stereocenters. The van der Waals surface area contributed by atoms with Crippen molar-refractivity contribution in [2.45, 2.75) is 26.4 Å². The Kier molecular flexibility index (Phi) is 3.39. The summed E-state index contributed by atoms with van der Waals surface area (Å²) in [6.45, 7) is 2.85. The molecule has 0 saturated carbocycles. The van der Waals surface area contributed by atoms with E-state index in [2.05, 4.69) is 19.9 Å². The Morgan fingerprint density at radius 1 is 1.33 bits per heavy atom. The van der Waals surface area contributed by atoms with E-state index in [1.807, 2.05) is 31.2 Å². The minimum atomic E-state index is -0.844. The largest absolute Gasteiger partial charge is 0.481 e. The molecule has 0 fully saturated rings. The molecule has 0 spiro atoms. The van der Waals surface area contributed by atoms with Gasteiger partial charge in [-0.3, -0.25) is 9.48 Å². The van der Waals surface area contributed by atoms with Crippen molar-refractivity contribution in [3.8, 4) is 0 Å². The Hall–Kier alpha value is -2.70. The second-order valence-corrected chi connectivity index (χ2v) is 4.85. The van der Waals surface area contributed by atoms with Gasteiger partial charge in [0.25, 0.3) is 0 Å². The molecule has 0 saturated heterocycles. The number of carbonyl (C=O) groups is 1. The fourth-order valence-electron chi connectivity index (χ4n) is 2.29. The molecule has 1 N–H and O–H groups in total. The van der Waals surface area contributed by atoms with E-state index in [1.165, 1.54) is 0 Å². The number of carboxylic acids is 1. The quantitative estimate of drug-likeness (QED) is 0.767. The number of para-hydroxylation sites is 2. The van der Waals surface area contributed by atoms with Gasteiger partial charge in [0.1, 0.15) is 11.5 Å². The fourth-order valence-corrected chi connectivity index (χ4v) is 2.29. The topological polar surface area (TPSA) is 85.8 Å². The summed E-state index contributed by atoms with van der Waals surface area (Å²) < 4.78 is 3.62. The predicted molar refractivity (Wildman–Crippen MR) is 75.8 cm³/mol. The highest BCUT2D eigenvalue weighted by Crippen LogP contribution is 2.16. The number of rotatable bonds is 5. The van der Waals surface area contributed by atoms with Crippen LogP contribution in [0.4, 0.5) is 0 Å². The molecule has 3 aromatic rings. The second kappa shape index (κ2) is 5.35. The number of aliphatic carboxylic acids is 1. The molecule has 0 aliphatic heterocycles. The van der Waals surface area contributed by atoms with Crippen LogP contribution in [0, 0.1) is 6.92 Å². The van der Waals surface area contributed by atoms with E-state index in [0.29, 0.717) is 13.1 Å². The number of aryl methyl sites for hydroxylation is 2. The van der Waals surface area contributed by atoms with Crippen LogP contribution in [-0.2, 0) is 17.9 Å². The Morgan fingerprint density at radius 3 is 2.95 bits per heavy atom. The Balaban J connectivity index is 1.82. The van der Waals surface area contributed by atoms with Crippen LogP contribution < -0.4 is 0 Å². The van der Waals surface area contributed by atoms with Gasteiger partial charge in [0.05, 0.1) is 36.7 Å². The van der Waals surface area contributed by atoms with Gasteiger partial charge in [-0.1, -0.05) is 17.3 Å². The zero-order chi connectivity index (χ0) is 14.8. The van der Waals surface area contributed by atoms with Gasteiger partial charge in [-0.25, -0.2) is 4.98 Å². The number of nitrogens with zero attached hydrogens (tertiary/aromatic N) is 5. The molecule has 3 rings (SSSR count). The van der Waals surface area contributed by atoms with Crippen LogP contribution >= 0.6 is 0 Å². The van der Waals surface area contributed by atoms with Crippen molar-refractivity contribution < 1.29 is 9.90 Å². The van der Waals surface area contributed by atoms with Gasteiger partial charge >= 0.3 is 5.97 Å². The van der Waals surface area contributed by atoms with E-state index in [4.69, 9.17) is 5.11 Å². The highest BCUT2D eigenvalue weighted by molar-refractivity contribution is 5.75. The number of hydrogen-bond acceptors (Lipinski definition) is 4. The third kappa shape index (κ3) is 2.76. The summed E-state index contributed by atoms with van der Waals surface area (Å²) in [5.41, 5.74) is 2.79. The van der Waals surface area contributed by atoms with Crippen LogP contribution in [-0.4, -0.2) is 35.6 Å². The van der Waals surface area contributed by atoms with Crippen molar-refractivity contribution >= 4 is 17.0 Å². The molecule has 0 bridgehead atoms. The number of imidazole rings is 1. The number of hydrogen-bond donors (Lipinski definition) is 1. The third-order valence-electron chi connectivity index (χ3n) is 3.31. The number of carboxylic acid groups (broad SMARTS) is 1. The molecule has 0 unspecified atom stereocenters. The lowest BCUT2D eigenvalue weighted by Gasteiger charge is -2.03. The van der Waals surface area contributed by atoms with Gasteiger partial charge in [0.15, 0.2) is 0 Å². The summed E-state index contributed by atoms with van der Waals surface area (Å²) in [7, 11) is 0. The SMILES string of the molecule is Cc1nc2ccccc2n1Cc1cn(CCC(=O)O)nn1. The monoisotopic (exact) mass is 285 g/mol. The zero-order valence-corrected chi connectivity index (χ0v) is 11.6. The first-order valence-electron chi connectivity index (χ1n) is 6.66. The lowest BCUT2D eigenvalue weighted by Crippen LogP contribution is -2.05. The molecule has 0 amide bonds. The first-order chi connectivity index (χ1) is 10.1. The van der Waals surface area contributed by atoms with E-state index < -0.39 is 5.97 Å². The van der Waals surface area contributed by atoms with Gasteiger partial charge in [0, 0.05) is 0 Å². The summed E-state index contributed by atoms with van der Waals surface area (Å²) in [6.07, 6.45) is 1.81. The average Bonchev–Trinajstić information content (AvgIpc) is 3.02. The zero-order valence-electron chi connectivity index (χ0n) is 11.6. The van der Waals surface area contributed by atoms with E-state index in [9.17, 15) is 4.79 Å². The molecular formula is C14H15N5O2. The predicted octanol–water partition coefficient (Wildman–Crippen LogP) is 1.46. The lowest BCUT2D eigenvalue weighted by molar-refractivity contribution is -0.137. The molecule has 0 aliphatic rings. The minimum Gasteiger partial charge on any atom is -0.481 e. The maximum Gasteiger partial charge on any atom is 0.305 e. The average molecular weight is 285 g/mol. The Bertz CT molecular complexity index is 790. The maximum absolute atomic E-state index is 10.6. The van der Waals surface area contributed by atoms with Gasteiger partial charge < -0.3 is 9.67 Å². The summed E-state index contributed by atoms with van der Waals surface area (Å²) >= 11 is 0. The molecule has 1 aromatic carbocycles. The summed E-state index contributed by atoms with van der Waals surface area (Å²) in [5, 5.41) is 16.7. The van der Waals surface area contributed by atoms with Crippen LogP contribution in [0.5, 0.6) is 0 Å². The minimum absolute atomic E-state index is 0.0375. The van der Waals surface area contributed by atoms with E-state index in [1.54, 1.807) is 10.9 Å². The van der Waals surface area contributed by atoms with E-state index in [0.717, 1.165) is 22.6 Å². The van der Waals surface area contributed by atoms with Crippen LogP contribution in [0.2, 0.25) is 0 Å². The van der Waals surface area contributed by atoms with Crippen molar-refractivity contribution in [2.75, 3.05) is 0 Å². The highest BCUT2D eigenvalue weighted by Gasteiger charge is 2.09. The summed E-state index contributed by atoms with van der Waals surface area (Å²) in [6, 6.07) is 7.93. The molecule has 2 heterocycles. The summed E-state index contributed by atoms with van der Waals surface area (Å²) in [5.74, 6) is 0.0692. The summed E-state index contributed by atoms with van der Waals surface area (Å²) in [4.78, 5) is 15.1. The lowest BCUT2D eigenvalue weighted by atomic mass is 10.3. The third-order valence-corrected chi connectivity index (χ3v) is 3.31. The molecule has 0 aliphatic carbocycles. The van der Waals surface area contributed by atoms with E-state index >= 15 is 0 Å². The normalized spacial score (nSPS) is 11.1.